The monoisotopic (exact) mass is 273 g/mol. The minimum absolute atomic E-state index is 0.0842. The van der Waals surface area contributed by atoms with Crippen molar-refractivity contribution in [2.45, 2.75) is 26.4 Å². The summed E-state index contributed by atoms with van der Waals surface area (Å²) in [5, 5.41) is 13.7. The highest BCUT2D eigenvalue weighted by molar-refractivity contribution is 6.29. The number of anilines is 1. The lowest BCUT2D eigenvalue weighted by Gasteiger charge is -2.25. The lowest BCUT2D eigenvalue weighted by molar-refractivity contribution is -0.384. The second-order valence-electron chi connectivity index (χ2n) is 4.34. The summed E-state index contributed by atoms with van der Waals surface area (Å²) in [5.74, 6) is 0.363. The van der Waals surface area contributed by atoms with Crippen molar-refractivity contribution in [1.29, 1.82) is 0 Å². The van der Waals surface area contributed by atoms with Crippen molar-refractivity contribution in [3.8, 4) is 0 Å². The van der Waals surface area contributed by atoms with Gasteiger partial charge in [-0.1, -0.05) is 11.6 Å². The van der Waals surface area contributed by atoms with Gasteiger partial charge in [-0.15, -0.1) is 0 Å². The van der Waals surface area contributed by atoms with E-state index in [-0.39, 0.29) is 16.4 Å². The predicted molar refractivity (Wildman–Crippen MR) is 70.1 cm³/mol. The van der Waals surface area contributed by atoms with Crippen LogP contribution in [0.3, 0.4) is 0 Å². The normalized spacial score (nSPS) is 11.3. The van der Waals surface area contributed by atoms with Gasteiger partial charge in [0, 0.05) is 13.2 Å². The van der Waals surface area contributed by atoms with Crippen LogP contribution in [0.2, 0.25) is 5.15 Å². The first kappa shape index (κ1) is 14.7. The molecule has 6 nitrogen and oxygen atoms in total. The zero-order chi connectivity index (χ0) is 13.8. The van der Waals surface area contributed by atoms with Crippen LogP contribution in [0.25, 0.3) is 0 Å². The van der Waals surface area contributed by atoms with E-state index >= 15 is 0 Å². The summed E-state index contributed by atoms with van der Waals surface area (Å²) in [4.78, 5) is 14.1. The molecule has 1 aromatic rings. The zero-order valence-electron chi connectivity index (χ0n) is 10.6. The minimum atomic E-state index is -0.508. The second-order valence-corrected chi connectivity index (χ2v) is 4.72. The highest BCUT2D eigenvalue weighted by Gasteiger charge is 2.18. The van der Waals surface area contributed by atoms with Crippen LogP contribution in [0, 0.1) is 10.1 Å². The van der Waals surface area contributed by atoms with Gasteiger partial charge in [-0.25, -0.2) is 4.98 Å². The van der Waals surface area contributed by atoms with Crippen molar-refractivity contribution in [3.05, 3.63) is 27.4 Å². The summed E-state index contributed by atoms with van der Waals surface area (Å²) < 4.78 is 5.50. The fourth-order valence-corrected chi connectivity index (χ4v) is 1.63. The van der Waals surface area contributed by atoms with E-state index in [0.717, 1.165) is 0 Å². The number of hydrogen-bond donors (Lipinski definition) is 1. The first-order valence-electron chi connectivity index (χ1n) is 5.54. The SMILES string of the molecule is CCOC(C)(C)CNc1cc([N+](=O)[O-])cc(Cl)n1. The van der Waals surface area contributed by atoms with Gasteiger partial charge in [0.25, 0.3) is 5.69 Å². The molecule has 7 heteroatoms. The predicted octanol–water partition coefficient (Wildman–Crippen LogP) is 2.87. The quantitative estimate of drug-likeness (QED) is 0.490. The summed E-state index contributed by atoms with van der Waals surface area (Å²) in [6.45, 7) is 6.82. The van der Waals surface area contributed by atoms with E-state index in [2.05, 4.69) is 10.3 Å². The van der Waals surface area contributed by atoms with Crippen LogP contribution >= 0.6 is 11.6 Å². The Labute approximate surface area is 110 Å². The molecule has 100 valence electrons. The number of hydrogen-bond acceptors (Lipinski definition) is 5. The molecule has 1 rings (SSSR count). The molecule has 1 aromatic heterocycles. The van der Waals surface area contributed by atoms with Crippen molar-refractivity contribution >= 4 is 23.1 Å². The fraction of sp³-hybridized carbons (Fsp3) is 0.545. The van der Waals surface area contributed by atoms with E-state index in [1.54, 1.807) is 0 Å². The lowest BCUT2D eigenvalue weighted by Crippen LogP contribution is -2.33. The van der Waals surface area contributed by atoms with Crippen LogP contribution in [-0.2, 0) is 4.74 Å². The summed E-state index contributed by atoms with van der Waals surface area (Å²) in [6.07, 6.45) is 0. The third-order valence-electron chi connectivity index (χ3n) is 2.22. The molecule has 0 fully saturated rings. The maximum atomic E-state index is 10.7. The molecular weight excluding hydrogens is 258 g/mol. The molecule has 1 heterocycles. The van der Waals surface area contributed by atoms with E-state index in [1.807, 2.05) is 20.8 Å². The van der Waals surface area contributed by atoms with Gasteiger partial charge in [-0.05, 0) is 20.8 Å². The number of nitrogens with one attached hydrogen (secondary N) is 1. The Kier molecular flexibility index (Phi) is 4.86. The third kappa shape index (κ3) is 4.46. The average molecular weight is 274 g/mol. The first-order valence-corrected chi connectivity index (χ1v) is 5.91. The van der Waals surface area contributed by atoms with Crippen molar-refractivity contribution in [1.82, 2.24) is 4.98 Å². The highest BCUT2D eigenvalue weighted by Crippen LogP contribution is 2.21. The maximum Gasteiger partial charge on any atom is 0.276 e. The molecule has 0 aliphatic heterocycles. The van der Waals surface area contributed by atoms with Gasteiger partial charge in [-0.3, -0.25) is 10.1 Å². The number of nitrogens with zero attached hydrogens (tertiary/aromatic N) is 2. The molecule has 0 atom stereocenters. The molecular formula is C11H16ClN3O3. The van der Waals surface area contributed by atoms with Gasteiger partial charge in [0.2, 0.25) is 0 Å². The van der Waals surface area contributed by atoms with Crippen molar-refractivity contribution in [2.24, 2.45) is 0 Å². The van der Waals surface area contributed by atoms with Gasteiger partial charge in [0.15, 0.2) is 0 Å². The van der Waals surface area contributed by atoms with Gasteiger partial charge in [0.05, 0.1) is 22.7 Å². The molecule has 0 aromatic carbocycles. The van der Waals surface area contributed by atoms with Crippen LogP contribution < -0.4 is 5.32 Å². The molecule has 0 aliphatic carbocycles. The summed E-state index contributed by atoms with van der Waals surface area (Å²) >= 11 is 5.72. The van der Waals surface area contributed by atoms with Gasteiger partial charge >= 0.3 is 0 Å². The van der Waals surface area contributed by atoms with E-state index in [1.165, 1.54) is 12.1 Å². The van der Waals surface area contributed by atoms with E-state index in [9.17, 15) is 10.1 Å². The molecule has 1 N–H and O–H groups in total. The molecule has 18 heavy (non-hydrogen) atoms. The Morgan fingerprint density at radius 3 is 2.78 bits per heavy atom. The average Bonchev–Trinajstić information content (AvgIpc) is 2.26. The molecule has 0 bridgehead atoms. The summed E-state index contributed by atoms with van der Waals surface area (Å²) in [5.41, 5.74) is -0.472. The Morgan fingerprint density at radius 2 is 2.22 bits per heavy atom. The minimum Gasteiger partial charge on any atom is -0.374 e. The largest absolute Gasteiger partial charge is 0.374 e. The highest BCUT2D eigenvalue weighted by atomic mass is 35.5. The topological polar surface area (TPSA) is 77.3 Å². The number of nitro groups is 1. The molecule has 0 unspecified atom stereocenters. The number of ether oxygens (including phenoxy) is 1. The molecule has 0 saturated heterocycles. The molecule has 0 aliphatic rings. The second kappa shape index (κ2) is 5.97. The van der Waals surface area contributed by atoms with Crippen molar-refractivity contribution in [3.63, 3.8) is 0 Å². The van der Waals surface area contributed by atoms with Crippen molar-refractivity contribution < 1.29 is 9.66 Å². The van der Waals surface area contributed by atoms with Crippen LogP contribution in [0.1, 0.15) is 20.8 Å². The maximum absolute atomic E-state index is 10.7. The Hall–Kier alpha value is -1.40. The first-order chi connectivity index (χ1) is 8.34. The Morgan fingerprint density at radius 1 is 1.56 bits per heavy atom. The molecule has 0 amide bonds. The smallest absolute Gasteiger partial charge is 0.276 e. The fourth-order valence-electron chi connectivity index (χ4n) is 1.42. The number of halogens is 1. The molecule has 0 saturated carbocycles. The zero-order valence-corrected chi connectivity index (χ0v) is 11.3. The van der Waals surface area contributed by atoms with Crippen LogP contribution in [0.5, 0.6) is 0 Å². The number of rotatable bonds is 6. The number of aromatic nitrogens is 1. The van der Waals surface area contributed by atoms with E-state index < -0.39 is 4.92 Å². The number of pyridine rings is 1. The Balaban J connectivity index is 2.76. The summed E-state index contributed by atoms with van der Waals surface area (Å²) in [7, 11) is 0. The van der Waals surface area contributed by atoms with E-state index in [4.69, 9.17) is 16.3 Å². The van der Waals surface area contributed by atoms with E-state index in [0.29, 0.717) is 19.0 Å². The summed E-state index contributed by atoms with van der Waals surface area (Å²) in [6, 6.07) is 2.55. The molecule has 0 radical (unpaired) electrons. The standard InChI is InChI=1S/C11H16ClN3O3/c1-4-18-11(2,3)7-13-10-6-8(15(16)17)5-9(12)14-10/h5-6H,4,7H2,1-3H3,(H,13,14). The third-order valence-corrected chi connectivity index (χ3v) is 2.41. The lowest BCUT2D eigenvalue weighted by atomic mass is 10.1. The van der Waals surface area contributed by atoms with Crippen LogP contribution in [-0.4, -0.2) is 28.7 Å². The van der Waals surface area contributed by atoms with Gasteiger partial charge < -0.3 is 10.1 Å². The van der Waals surface area contributed by atoms with Crippen LogP contribution in [0.15, 0.2) is 12.1 Å². The van der Waals surface area contributed by atoms with Gasteiger partial charge in [-0.2, -0.15) is 0 Å². The van der Waals surface area contributed by atoms with Gasteiger partial charge in [0.1, 0.15) is 11.0 Å². The molecule has 0 spiro atoms. The van der Waals surface area contributed by atoms with Crippen LogP contribution in [0.4, 0.5) is 11.5 Å². The Bertz CT molecular complexity index is 438. The van der Waals surface area contributed by atoms with Crippen molar-refractivity contribution in [2.75, 3.05) is 18.5 Å².